The van der Waals surface area contributed by atoms with Gasteiger partial charge < -0.3 is 14.5 Å². The van der Waals surface area contributed by atoms with E-state index in [1.165, 1.54) is 12.5 Å². The van der Waals surface area contributed by atoms with Crippen molar-refractivity contribution in [2.75, 3.05) is 13.1 Å². The monoisotopic (exact) mass is 314 g/mol. The van der Waals surface area contributed by atoms with Crippen LogP contribution in [0.5, 0.6) is 5.75 Å². The van der Waals surface area contributed by atoms with Crippen LogP contribution < -0.4 is 10.1 Å². The van der Waals surface area contributed by atoms with Gasteiger partial charge in [0.1, 0.15) is 6.26 Å². The van der Waals surface area contributed by atoms with Crippen molar-refractivity contribution in [3.05, 3.63) is 47.1 Å². The molecule has 0 amide bonds. The van der Waals surface area contributed by atoms with Gasteiger partial charge in [-0.3, -0.25) is 0 Å². The zero-order valence-corrected chi connectivity index (χ0v) is 11.7. The van der Waals surface area contributed by atoms with Gasteiger partial charge in [0, 0.05) is 17.5 Å². The predicted octanol–water partition coefficient (Wildman–Crippen LogP) is 3.34. The largest absolute Gasteiger partial charge is 0.474 e. The average molecular weight is 315 g/mol. The highest BCUT2D eigenvalue weighted by Gasteiger charge is 2.32. The third kappa shape index (κ3) is 3.01. The molecule has 112 valence electrons. The molecule has 0 saturated carbocycles. The molecule has 1 saturated heterocycles. The summed E-state index contributed by atoms with van der Waals surface area (Å²) >= 11 is 5.61. The maximum Gasteiger partial charge on any atom is 0.235 e. The van der Waals surface area contributed by atoms with E-state index in [-0.39, 0.29) is 10.9 Å². The molecule has 0 spiro atoms. The number of ether oxygens (including phenoxy) is 1. The minimum absolute atomic E-state index is 0.0208. The Balaban J connectivity index is 1.91. The van der Waals surface area contributed by atoms with Crippen LogP contribution in [0.3, 0.4) is 0 Å². The number of benzene rings is 1. The first-order valence-electron chi connectivity index (χ1n) is 6.56. The normalized spacial score (nSPS) is 19.7. The van der Waals surface area contributed by atoms with Gasteiger partial charge in [-0.15, -0.1) is 0 Å². The van der Waals surface area contributed by atoms with Crippen LogP contribution in [0, 0.1) is 17.6 Å². The minimum Gasteiger partial charge on any atom is -0.474 e. The molecule has 1 aliphatic rings. The standard InChI is InChI=1S/C14H13ClF2N2O2/c15-9-5-10(16)13(11(17)6-9)21-12(8-1-2-18-7-8)14-19-3-4-20-14/h3-6,8,12,18H,1-2,7H2. The summed E-state index contributed by atoms with van der Waals surface area (Å²) in [6.07, 6.45) is 3.04. The van der Waals surface area contributed by atoms with E-state index in [0.29, 0.717) is 12.4 Å². The molecule has 2 aromatic rings. The Hall–Kier alpha value is -1.66. The molecule has 1 aromatic heterocycles. The number of rotatable bonds is 4. The van der Waals surface area contributed by atoms with Gasteiger partial charge in [-0.05, 0) is 25.1 Å². The van der Waals surface area contributed by atoms with E-state index in [1.807, 2.05) is 0 Å². The molecular formula is C14H13ClF2N2O2. The second kappa shape index (κ2) is 5.99. The molecule has 0 radical (unpaired) electrons. The summed E-state index contributed by atoms with van der Waals surface area (Å²) in [6, 6.07) is 2.03. The van der Waals surface area contributed by atoms with Crippen molar-refractivity contribution in [3.8, 4) is 5.75 Å². The molecule has 2 heterocycles. The summed E-state index contributed by atoms with van der Waals surface area (Å²) < 4.78 is 38.6. The van der Waals surface area contributed by atoms with Crippen molar-refractivity contribution in [1.82, 2.24) is 10.3 Å². The zero-order chi connectivity index (χ0) is 14.8. The van der Waals surface area contributed by atoms with Crippen molar-refractivity contribution in [2.45, 2.75) is 12.5 Å². The van der Waals surface area contributed by atoms with Gasteiger partial charge in [0.05, 0.1) is 6.20 Å². The number of aromatic nitrogens is 1. The summed E-state index contributed by atoms with van der Waals surface area (Å²) in [7, 11) is 0. The van der Waals surface area contributed by atoms with E-state index in [9.17, 15) is 8.78 Å². The van der Waals surface area contributed by atoms with Crippen molar-refractivity contribution < 1.29 is 17.9 Å². The van der Waals surface area contributed by atoms with Gasteiger partial charge in [-0.2, -0.15) is 0 Å². The fourth-order valence-corrected chi connectivity index (χ4v) is 2.62. The average Bonchev–Trinajstić information content (AvgIpc) is 3.11. The first-order chi connectivity index (χ1) is 10.1. The molecule has 1 aromatic carbocycles. The molecule has 4 nitrogen and oxygen atoms in total. The highest BCUT2D eigenvalue weighted by Crippen LogP contribution is 2.34. The second-order valence-corrected chi connectivity index (χ2v) is 5.30. The Morgan fingerprint density at radius 2 is 2.14 bits per heavy atom. The maximum atomic E-state index is 13.9. The fourth-order valence-electron chi connectivity index (χ4n) is 2.43. The summed E-state index contributed by atoms with van der Waals surface area (Å²) in [6.45, 7) is 1.49. The molecule has 7 heteroatoms. The van der Waals surface area contributed by atoms with E-state index in [2.05, 4.69) is 10.3 Å². The molecular weight excluding hydrogens is 302 g/mol. The lowest BCUT2D eigenvalue weighted by atomic mass is 10.0. The number of hydrogen-bond acceptors (Lipinski definition) is 4. The molecule has 0 aliphatic carbocycles. The zero-order valence-electron chi connectivity index (χ0n) is 11.0. The van der Waals surface area contributed by atoms with E-state index in [4.69, 9.17) is 20.8 Å². The van der Waals surface area contributed by atoms with Crippen LogP contribution in [0.25, 0.3) is 0 Å². The predicted molar refractivity (Wildman–Crippen MR) is 72.2 cm³/mol. The molecule has 3 rings (SSSR count). The summed E-state index contributed by atoms with van der Waals surface area (Å²) in [5.74, 6) is -1.82. The third-order valence-electron chi connectivity index (χ3n) is 3.43. The van der Waals surface area contributed by atoms with E-state index < -0.39 is 23.5 Å². The Labute approximate surface area is 125 Å². The molecule has 2 unspecified atom stereocenters. The van der Waals surface area contributed by atoms with Crippen molar-refractivity contribution in [3.63, 3.8) is 0 Å². The third-order valence-corrected chi connectivity index (χ3v) is 3.65. The quantitative estimate of drug-likeness (QED) is 0.940. The fraction of sp³-hybridized carbons (Fsp3) is 0.357. The molecule has 2 atom stereocenters. The summed E-state index contributed by atoms with van der Waals surface area (Å²) in [4.78, 5) is 4.04. The lowest BCUT2D eigenvalue weighted by Gasteiger charge is -2.22. The lowest BCUT2D eigenvalue weighted by molar-refractivity contribution is 0.104. The first-order valence-corrected chi connectivity index (χ1v) is 6.94. The molecule has 0 bridgehead atoms. The van der Waals surface area contributed by atoms with Crippen LogP contribution >= 0.6 is 11.6 Å². The number of nitrogens with zero attached hydrogens (tertiary/aromatic N) is 1. The van der Waals surface area contributed by atoms with Crippen LogP contribution in [0.4, 0.5) is 8.78 Å². The summed E-state index contributed by atoms with van der Waals surface area (Å²) in [5.41, 5.74) is 0. The highest BCUT2D eigenvalue weighted by molar-refractivity contribution is 6.30. The smallest absolute Gasteiger partial charge is 0.235 e. The molecule has 21 heavy (non-hydrogen) atoms. The number of hydrogen-bond donors (Lipinski definition) is 1. The number of halogens is 3. The van der Waals surface area contributed by atoms with Crippen LogP contribution in [0.1, 0.15) is 18.4 Å². The van der Waals surface area contributed by atoms with E-state index in [0.717, 1.165) is 25.1 Å². The molecule has 1 N–H and O–H groups in total. The van der Waals surface area contributed by atoms with E-state index >= 15 is 0 Å². The first kappa shape index (κ1) is 14.3. The van der Waals surface area contributed by atoms with Crippen LogP contribution in [0.2, 0.25) is 5.02 Å². The Morgan fingerprint density at radius 3 is 2.71 bits per heavy atom. The molecule has 1 aliphatic heterocycles. The van der Waals surface area contributed by atoms with Crippen molar-refractivity contribution >= 4 is 11.6 Å². The van der Waals surface area contributed by atoms with Gasteiger partial charge in [-0.1, -0.05) is 11.6 Å². The van der Waals surface area contributed by atoms with Crippen molar-refractivity contribution in [2.24, 2.45) is 5.92 Å². The summed E-state index contributed by atoms with van der Waals surface area (Å²) in [5, 5.41) is 3.16. The van der Waals surface area contributed by atoms with Crippen LogP contribution in [-0.4, -0.2) is 18.1 Å². The molecule has 1 fully saturated rings. The maximum absolute atomic E-state index is 13.9. The number of oxazole rings is 1. The van der Waals surface area contributed by atoms with Crippen molar-refractivity contribution in [1.29, 1.82) is 0 Å². The second-order valence-electron chi connectivity index (χ2n) is 4.86. The van der Waals surface area contributed by atoms with E-state index in [1.54, 1.807) is 0 Å². The van der Waals surface area contributed by atoms with Crippen LogP contribution in [0.15, 0.2) is 29.0 Å². The van der Waals surface area contributed by atoms with Gasteiger partial charge in [0.15, 0.2) is 23.5 Å². The topological polar surface area (TPSA) is 47.3 Å². The minimum atomic E-state index is -0.845. The van der Waals surface area contributed by atoms with Gasteiger partial charge in [-0.25, -0.2) is 13.8 Å². The Bertz CT molecular complexity index is 592. The SMILES string of the molecule is Fc1cc(Cl)cc(F)c1OC(c1ncco1)C1CCNC1. The Kier molecular flexibility index (Phi) is 4.07. The van der Waals surface area contributed by atoms with Gasteiger partial charge >= 0.3 is 0 Å². The van der Waals surface area contributed by atoms with Gasteiger partial charge in [0.25, 0.3) is 0 Å². The highest BCUT2D eigenvalue weighted by atomic mass is 35.5. The van der Waals surface area contributed by atoms with Gasteiger partial charge in [0.2, 0.25) is 5.89 Å². The lowest BCUT2D eigenvalue weighted by Crippen LogP contribution is -2.22. The Morgan fingerprint density at radius 1 is 1.38 bits per heavy atom. The van der Waals surface area contributed by atoms with Crippen LogP contribution in [-0.2, 0) is 0 Å². The number of nitrogens with one attached hydrogen (secondary N) is 1.